The molecule has 0 atom stereocenters. The fourth-order valence-electron chi connectivity index (χ4n) is 3.02. The highest BCUT2D eigenvalue weighted by Crippen LogP contribution is 2.23. The van der Waals surface area contributed by atoms with Crippen molar-refractivity contribution < 1.29 is 9.18 Å². The Morgan fingerprint density at radius 2 is 1.48 bits per heavy atom. The van der Waals surface area contributed by atoms with Gasteiger partial charge in [-0.1, -0.05) is 67.9 Å². The first-order chi connectivity index (χ1) is 13.2. The lowest BCUT2D eigenvalue weighted by molar-refractivity contribution is -0.118. The lowest BCUT2D eigenvalue weighted by atomic mass is 10.0. The normalized spacial score (nSPS) is 10.6. The summed E-state index contributed by atoms with van der Waals surface area (Å²) in [6.07, 6.45) is 2.31. The Bertz CT molecular complexity index is 857. The molecule has 0 N–H and O–H groups in total. The maximum atomic E-state index is 13.3. The van der Waals surface area contributed by atoms with Gasteiger partial charge < -0.3 is 4.90 Å². The van der Waals surface area contributed by atoms with Gasteiger partial charge in [0.25, 0.3) is 0 Å². The standard InChI is InChI=1S/C24H24FNO/c1-2-3-9-24(27)26(23-16-14-22(25)15-17-23)18-19-10-12-21(13-11-19)20-7-5-4-6-8-20/h4-8,10-17H,2-3,9,18H2,1H3. The number of hydrogen-bond donors (Lipinski definition) is 0. The number of amides is 1. The average molecular weight is 361 g/mol. The molecule has 0 fully saturated rings. The Balaban J connectivity index is 1.80. The number of carbonyl (C=O) groups is 1. The molecule has 0 bridgehead atoms. The number of anilines is 1. The number of carbonyl (C=O) groups excluding carboxylic acids is 1. The summed E-state index contributed by atoms with van der Waals surface area (Å²) >= 11 is 0. The molecule has 0 aliphatic carbocycles. The Labute approximate surface area is 160 Å². The second kappa shape index (κ2) is 9.13. The second-order valence-corrected chi connectivity index (χ2v) is 6.62. The summed E-state index contributed by atoms with van der Waals surface area (Å²) in [5.74, 6) is -0.234. The monoisotopic (exact) mass is 361 g/mol. The van der Waals surface area contributed by atoms with Crippen LogP contribution in [-0.2, 0) is 11.3 Å². The predicted molar refractivity (Wildman–Crippen MR) is 109 cm³/mol. The van der Waals surface area contributed by atoms with Crippen molar-refractivity contribution in [2.75, 3.05) is 4.90 Å². The van der Waals surface area contributed by atoms with Crippen molar-refractivity contribution in [2.45, 2.75) is 32.7 Å². The van der Waals surface area contributed by atoms with Crippen molar-refractivity contribution in [3.05, 3.63) is 90.2 Å². The first-order valence-corrected chi connectivity index (χ1v) is 9.37. The molecule has 0 saturated carbocycles. The molecule has 3 rings (SSSR count). The maximum absolute atomic E-state index is 13.3. The van der Waals surface area contributed by atoms with Gasteiger partial charge >= 0.3 is 0 Å². The highest BCUT2D eigenvalue weighted by Gasteiger charge is 2.16. The number of hydrogen-bond acceptors (Lipinski definition) is 1. The van der Waals surface area contributed by atoms with E-state index < -0.39 is 0 Å². The van der Waals surface area contributed by atoms with E-state index >= 15 is 0 Å². The molecule has 0 heterocycles. The summed E-state index contributed by atoms with van der Waals surface area (Å²) in [4.78, 5) is 14.5. The smallest absolute Gasteiger partial charge is 0.227 e. The summed E-state index contributed by atoms with van der Waals surface area (Å²) < 4.78 is 13.3. The molecular formula is C24H24FNO. The third-order valence-electron chi connectivity index (χ3n) is 4.59. The first-order valence-electron chi connectivity index (χ1n) is 9.37. The van der Waals surface area contributed by atoms with Gasteiger partial charge in [0.1, 0.15) is 5.82 Å². The number of unbranched alkanes of at least 4 members (excludes halogenated alkanes) is 1. The minimum Gasteiger partial charge on any atom is -0.308 e. The fourth-order valence-corrected chi connectivity index (χ4v) is 3.02. The molecule has 0 aliphatic heterocycles. The molecule has 2 nitrogen and oxygen atoms in total. The number of nitrogens with zero attached hydrogens (tertiary/aromatic N) is 1. The van der Waals surface area contributed by atoms with E-state index in [9.17, 15) is 9.18 Å². The van der Waals surface area contributed by atoms with Crippen LogP contribution >= 0.6 is 0 Å². The summed E-state index contributed by atoms with van der Waals surface area (Å²) in [5.41, 5.74) is 4.08. The third kappa shape index (κ3) is 5.04. The van der Waals surface area contributed by atoms with Crippen LogP contribution in [-0.4, -0.2) is 5.91 Å². The maximum Gasteiger partial charge on any atom is 0.227 e. The topological polar surface area (TPSA) is 20.3 Å². The Hall–Kier alpha value is -2.94. The lowest BCUT2D eigenvalue weighted by Crippen LogP contribution is -2.30. The molecule has 3 heteroatoms. The zero-order chi connectivity index (χ0) is 19.1. The molecule has 0 aliphatic rings. The molecule has 1 amide bonds. The van der Waals surface area contributed by atoms with Gasteiger partial charge in [-0.3, -0.25) is 4.79 Å². The van der Waals surface area contributed by atoms with E-state index in [0.717, 1.165) is 29.7 Å². The molecule has 3 aromatic rings. The zero-order valence-electron chi connectivity index (χ0n) is 15.6. The summed E-state index contributed by atoms with van der Waals surface area (Å²) in [7, 11) is 0. The molecule has 0 spiro atoms. The molecule has 0 saturated heterocycles. The Kier molecular flexibility index (Phi) is 6.37. The van der Waals surface area contributed by atoms with Crippen molar-refractivity contribution in [3.8, 4) is 11.1 Å². The van der Waals surface area contributed by atoms with Gasteiger partial charge in [-0.15, -0.1) is 0 Å². The summed E-state index contributed by atoms with van der Waals surface area (Å²) in [5, 5.41) is 0. The average Bonchev–Trinajstić information content (AvgIpc) is 2.72. The SMILES string of the molecule is CCCCC(=O)N(Cc1ccc(-c2ccccc2)cc1)c1ccc(F)cc1. The van der Waals surface area contributed by atoms with Crippen LogP contribution in [0.25, 0.3) is 11.1 Å². The summed E-state index contributed by atoms with van der Waals surface area (Å²) in [6.45, 7) is 2.54. The van der Waals surface area contributed by atoms with E-state index in [2.05, 4.69) is 31.2 Å². The van der Waals surface area contributed by atoms with Crippen LogP contribution in [0.15, 0.2) is 78.9 Å². The Morgan fingerprint density at radius 1 is 0.852 bits per heavy atom. The van der Waals surface area contributed by atoms with Crippen LogP contribution in [0.2, 0.25) is 0 Å². The van der Waals surface area contributed by atoms with Crippen LogP contribution in [0, 0.1) is 5.82 Å². The van der Waals surface area contributed by atoms with E-state index in [1.165, 1.54) is 17.7 Å². The van der Waals surface area contributed by atoms with Crippen LogP contribution in [0.4, 0.5) is 10.1 Å². The quantitative estimate of drug-likeness (QED) is 0.489. The van der Waals surface area contributed by atoms with Crippen LogP contribution in [0.5, 0.6) is 0 Å². The van der Waals surface area contributed by atoms with E-state index in [0.29, 0.717) is 13.0 Å². The highest BCUT2D eigenvalue weighted by molar-refractivity contribution is 5.93. The number of benzene rings is 3. The minimum absolute atomic E-state index is 0.0654. The van der Waals surface area contributed by atoms with Crippen LogP contribution < -0.4 is 4.90 Å². The largest absolute Gasteiger partial charge is 0.308 e. The van der Waals surface area contributed by atoms with Crippen molar-refractivity contribution >= 4 is 11.6 Å². The molecule has 0 radical (unpaired) electrons. The van der Waals surface area contributed by atoms with Gasteiger partial charge in [0.05, 0.1) is 6.54 Å². The predicted octanol–water partition coefficient (Wildman–Crippen LogP) is 6.22. The third-order valence-corrected chi connectivity index (χ3v) is 4.59. The fraction of sp³-hybridized carbons (Fsp3) is 0.208. The van der Waals surface area contributed by atoms with Crippen molar-refractivity contribution in [1.82, 2.24) is 0 Å². The van der Waals surface area contributed by atoms with Gasteiger partial charge in [-0.2, -0.15) is 0 Å². The molecule has 0 aromatic heterocycles. The van der Waals surface area contributed by atoms with E-state index in [1.807, 2.05) is 30.3 Å². The van der Waals surface area contributed by atoms with E-state index in [-0.39, 0.29) is 11.7 Å². The molecule has 138 valence electrons. The first kappa shape index (κ1) is 18.8. The van der Waals surface area contributed by atoms with Crippen molar-refractivity contribution in [3.63, 3.8) is 0 Å². The molecule has 3 aromatic carbocycles. The highest BCUT2D eigenvalue weighted by atomic mass is 19.1. The molecule has 0 unspecified atom stereocenters. The molecule has 27 heavy (non-hydrogen) atoms. The van der Waals surface area contributed by atoms with Gasteiger partial charge in [-0.05, 0) is 47.4 Å². The number of rotatable bonds is 7. The van der Waals surface area contributed by atoms with Crippen molar-refractivity contribution in [2.24, 2.45) is 0 Å². The van der Waals surface area contributed by atoms with Gasteiger partial charge in [0.2, 0.25) is 5.91 Å². The Morgan fingerprint density at radius 3 is 2.11 bits per heavy atom. The summed E-state index contributed by atoms with van der Waals surface area (Å²) in [6, 6.07) is 24.6. The molecular weight excluding hydrogens is 337 g/mol. The van der Waals surface area contributed by atoms with Gasteiger partial charge in [-0.25, -0.2) is 4.39 Å². The lowest BCUT2D eigenvalue weighted by Gasteiger charge is -2.23. The zero-order valence-corrected chi connectivity index (χ0v) is 15.6. The minimum atomic E-state index is -0.299. The van der Waals surface area contributed by atoms with Crippen LogP contribution in [0.1, 0.15) is 31.7 Å². The number of halogens is 1. The van der Waals surface area contributed by atoms with Crippen molar-refractivity contribution in [1.29, 1.82) is 0 Å². The van der Waals surface area contributed by atoms with E-state index in [4.69, 9.17) is 0 Å². The van der Waals surface area contributed by atoms with E-state index in [1.54, 1.807) is 17.0 Å². The van der Waals surface area contributed by atoms with Gasteiger partial charge in [0.15, 0.2) is 0 Å². The van der Waals surface area contributed by atoms with Crippen LogP contribution in [0.3, 0.4) is 0 Å². The van der Waals surface area contributed by atoms with Gasteiger partial charge in [0, 0.05) is 12.1 Å². The second-order valence-electron chi connectivity index (χ2n) is 6.62.